The number of fused-ring (bicyclic) bond motifs is 1. The highest BCUT2D eigenvalue weighted by Gasteiger charge is 2.28. The first-order valence-corrected chi connectivity index (χ1v) is 4.39. The second-order valence-corrected chi connectivity index (χ2v) is 3.27. The largest absolute Gasteiger partial charge is 0.384 e. The van der Waals surface area contributed by atoms with Crippen molar-refractivity contribution in [2.45, 2.75) is 25.3 Å². The maximum atomic E-state index is 10.7. The third-order valence-electron chi connectivity index (χ3n) is 2.47. The molecule has 0 fully saturated rings. The highest BCUT2D eigenvalue weighted by atomic mass is 16.6. The maximum absolute atomic E-state index is 10.7. The number of hydrogen-bond donors (Lipinski definition) is 0. The van der Waals surface area contributed by atoms with Crippen LogP contribution >= 0.6 is 0 Å². The van der Waals surface area contributed by atoms with Gasteiger partial charge in [0.1, 0.15) is 12.0 Å². The number of aromatic nitrogens is 2. The SMILES string of the molecule is O=CC1CCCc2c([N+](=O)[O-])ncn21. The number of hydrogen-bond acceptors (Lipinski definition) is 4. The molecule has 6 nitrogen and oxygen atoms in total. The molecule has 0 radical (unpaired) electrons. The van der Waals surface area contributed by atoms with Gasteiger partial charge in [0.15, 0.2) is 0 Å². The minimum absolute atomic E-state index is 0.114. The van der Waals surface area contributed by atoms with Crippen LogP contribution in [0.3, 0.4) is 0 Å². The van der Waals surface area contributed by atoms with Crippen LogP contribution in [0.2, 0.25) is 0 Å². The summed E-state index contributed by atoms with van der Waals surface area (Å²) < 4.78 is 1.61. The Bertz CT molecular complexity index is 385. The lowest BCUT2D eigenvalue weighted by molar-refractivity contribution is -0.390. The summed E-state index contributed by atoms with van der Waals surface area (Å²) in [5.41, 5.74) is 0.568. The monoisotopic (exact) mass is 195 g/mol. The van der Waals surface area contributed by atoms with Crippen LogP contribution in [-0.2, 0) is 11.2 Å². The molecule has 6 heteroatoms. The van der Waals surface area contributed by atoms with Gasteiger partial charge in [0.25, 0.3) is 0 Å². The van der Waals surface area contributed by atoms with Gasteiger partial charge < -0.3 is 14.9 Å². The van der Waals surface area contributed by atoms with Crippen molar-refractivity contribution in [1.82, 2.24) is 9.55 Å². The molecule has 1 aliphatic heterocycles. The molecule has 2 heterocycles. The first-order valence-electron chi connectivity index (χ1n) is 4.39. The Hall–Kier alpha value is -1.72. The number of rotatable bonds is 2. The fourth-order valence-corrected chi connectivity index (χ4v) is 1.81. The summed E-state index contributed by atoms with van der Waals surface area (Å²) in [6, 6.07) is -0.278. The number of carbonyl (C=O) groups is 1. The van der Waals surface area contributed by atoms with Gasteiger partial charge in [-0.1, -0.05) is 0 Å². The van der Waals surface area contributed by atoms with Crippen LogP contribution in [0, 0.1) is 10.1 Å². The van der Waals surface area contributed by atoms with E-state index in [2.05, 4.69) is 4.98 Å². The Kier molecular flexibility index (Phi) is 2.03. The molecule has 0 spiro atoms. The first-order chi connectivity index (χ1) is 6.74. The Balaban J connectivity index is 2.47. The molecule has 14 heavy (non-hydrogen) atoms. The van der Waals surface area contributed by atoms with E-state index in [4.69, 9.17) is 0 Å². The van der Waals surface area contributed by atoms with Crippen molar-refractivity contribution in [3.8, 4) is 0 Å². The molecule has 0 N–H and O–H groups in total. The van der Waals surface area contributed by atoms with E-state index in [1.807, 2.05) is 0 Å². The van der Waals surface area contributed by atoms with Crippen molar-refractivity contribution in [3.63, 3.8) is 0 Å². The Morgan fingerprint density at radius 1 is 1.71 bits per heavy atom. The lowest BCUT2D eigenvalue weighted by Crippen LogP contribution is -2.18. The molecule has 0 bridgehead atoms. The molecule has 0 saturated heterocycles. The molecule has 2 rings (SSSR count). The standard InChI is InChI=1S/C8H9N3O3/c12-4-6-2-1-3-7-8(11(13)14)9-5-10(6)7/h4-6H,1-3H2. The van der Waals surface area contributed by atoms with E-state index in [9.17, 15) is 14.9 Å². The highest BCUT2D eigenvalue weighted by Crippen LogP contribution is 2.28. The van der Waals surface area contributed by atoms with Crippen LogP contribution in [0.4, 0.5) is 5.82 Å². The van der Waals surface area contributed by atoms with Crippen LogP contribution in [0.15, 0.2) is 6.33 Å². The molecular formula is C8H9N3O3. The van der Waals surface area contributed by atoms with Gasteiger partial charge >= 0.3 is 5.82 Å². The average molecular weight is 195 g/mol. The second kappa shape index (κ2) is 3.21. The van der Waals surface area contributed by atoms with Gasteiger partial charge in [-0.2, -0.15) is 0 Å². The fourth-order valence-electron chi connectivity index (χ4n) is 1.81. The number of aldehydes is 1. The van der Waals surface area contributed by atoms with E-state index in [1.54, 1.807) is 4.57 Å². The predicted octanol–water partition coefficient (Wildman–Crippen LogP) is 0.868. The van der Waals surface area contributed by atoms with Gasteiger partial charge in [0.2, 0.25) is 6.33 Å². The molecule has 0 saturated carbocycles. The van der Waals surface area contributed by atoms with E-state index in [1.165, 1.54) is 6.33 Å². The Labute approximate surface area is 79.7 Å². The van der Waals surface area contributed by atoms with Crippen LogP contribution in [-0.4, -0.2) is 20.8 Å². The molecule has 1 atom stereocenters. The third kappa shape index (κ3) is 1.19. The van der Waals surface area contributed by atoms with Crippen molar-refractivity contribution in [3.05, 3.63) is 22.1 Å². The number of carbonyl (C=O) groups excluding carboxylic acids is 1. The lowest BCUT2D eigenvalue weighted by atomic mass is 10.0. The van der Waals surface area contributed by atoms with Crippen molar-refractivity contribution < 1.29 is 9.72 Å². The normalized spacial score (nSPS) is 20.1. The molecule has 1 unspecified atom stereocenters. The van der Waals surface area contributed by atoms with Gasteiger partial charge in [0, 0.05) is 0 Å². The smallest absolute Gasteiger partial charge is 0.358 e. The van der Waals surface area contributed by atoms with Gasteiger partial charge in [-0.15, -0.1) is 0 Å². The average Bonchev–Trinajstić information content (AvgIpc) is 2.60. The maximum Gasteiger partial charge on any atom is 0.384 e. The molecule has 0 aromatic carbocycles. The van der Waals surface area contributed by atoms with Gasteiger partial charge in [-0.05, 0) is 29.2 Å². The predicted molar refractivity (Wildman–Crippen MR) is 46.9 cm³/mol. The second-order valence-electron chi connectivity index (χ2n) is 3.27. The van der Waals surface area contributed by atoms with E-state index in [0.717, 1.165) is 19.1 Å². The Morgan fingerprint density at radius 2 is 2.50 bits per heavy atom. The summed E-state index contributed by atoms with van der Waals surface area (Å²) in [4.78, 5) is 24.5. The molecule has 1 aliphatic rings. The van der Waals surface area contributed by atoms with Crippen LogP contribution in [0.5, 0.6) is 0 Å². The summed E-state index contributed by atoms with van der Waals surface area (Å²) >= 11 is 0. The summed E-state index contributed by atoms with van der Waals surface area (Å²) in [5.74, 6) is -0.114. The van der Waals surface area contributed by atoms with E-state index < -0.39 is 4.92 Å². The molecule has 74 valence electrons. The van der Waals surface area contributed by atoms with Crippen molar-refractivity contribution >= 4 is 12.1 Å². The minimum atomic E-state index is -0.501. The van der Waals surface area contributed by atoms with E-state index >= 15 is 0 Å². The van der Waals surface area contributed by atoms with Crippen molar-refractivity contribution in [2.75, 3.05) is 0 Å². The zero-order chi connectivity index (χ0) is 10.1. The number of nitrogens with zero attached hydrogens (tertiary/aromatic N) is 3. The number of imidazole rings is 1. The zero-order valence-electron chi connectivity index (χ0n) is 7.42. The van der Waals surface area contributed by atoms with Gasteiger partial charge in [-0.3, -0.25) is 4.57 Å². The minimum Gasteiger partial charge on any atom is -0.358 e. The highest BCUT2D eigenvalue weighted by molar-refractivity contribution is 5.57. The summed E-state index contributed by atoms with van der Waals surface area (Å²) in [6.45, 7) is 0. The fraction of sp³-hybridized carbons (Fsp3) is 0.500. The quantitative estimate of drug-likeness (QED) is 0.398. The van der Waals surface area contributed by atoms with Crippen LogP contribution in [0.1, 0.15) is 24.6 Å². The lowest BCUT2D eigenvalue weighted by Gasteiger charge is -2.18. The molecular weight excluding hydrogens is 186 g/mol. The van der Waals surface area contributed by atoms with Gasteiger partial charge in [-0.25, -0.2) is 0 Å². The molecule has 0 aliphatic carbocycles. The van der Waals surface area contributed by atoms with Crippen LogP contribution < -0.4 is 0 Å². The summed E-state index contributed by atoms with van der Waals surface area (Å²) in [6.07, 6.45) is 4.36. The van der Waals surface area contributed by atoms with Crippen LogP contribution in [0.25, 0.3) is 0 Å². The number of nitro groups is 1. The summed E-state index contributed by atoms with van der Waals surface area (Å²) in [5, 5.41) is 10.6. The topological polar surface area (TPSA) is 78.0 Å². The van der Waals surface area contributed by atoms with Crippen molar-refractivity contribution in [1.29, 1.82) is 0 Å². The first kappa shape index (κ1) is 8.86. The van der Waals surface area contributed by atoms with Crippen molar-refractivity contribution in [2.24, 2.45) is 0 Å². The van der Waals surface area contributed by atoms with E-state index in [-0.39, 0.29) is 11.9 Å². The molecule has 0 amide bonds. The van der Waals surface area contributed by atoms with E-state index in [0.29, 0.717) is 12.1 Å². The zero-order valence-corrected chi connectivity index (χ0v) is 7.42. The Morgan fingerprint density at radius 3 is 3.14 bits per heavy atom. The molecule has 1 aromatic rings. The molecule has 1 aromatic heterocycles. The summed E-state index contributed by atoms with van der Waals surface area (Å²) in [7, 11) is 0. The third-order valence-corrected chi connectivity index (χ3v) is 2.47. The van der Waals surface area contributed by atoms with Gasteiger partial charge in [0.05, 0.1) is 6.04 Å².